The SMILES string of the molecule is CCOc1ccccc1N1C(=O)NC(=O)/C(=C/c2ccc(-c3ccc(Cl)c([N+](=O)[O-])c3)o2)C1=O. The number of carbonyl (C=O) groups is 3. The molecule has 0 atom stereocenters. The summed E-state index contributed by atoms with van der Waals surface area (Å²) in [5.74, 6) is -1.07. The number of amides is 4. The van der Waals surface area contributed by atoms with E-state index >= 15 is 0 Å². The Kier molecular flexibility index (Phi) is 6.15. The van der Waals surface area contributed by atoms with Gasteiger partial charge in [-0.3, -0.25) is 25.0 Å². The monoisotopic (exact) mass is 481 g/mol. The number of ether oxygens (including phenoxy) is 1. The van der Waals surface area contributed by atoms with Crippen molar-refractivity contribution >= 4 is 46.9 Å². The Hall–Kier alpha value is -4.44. The number of hydrogen-bond donors (Lipinski definition) is 1. The van der Waals surface area contributed by atoms with E-state index in [1.54, 1.807) is 25.1 Å². The van der Waals surface area contributed by atoms with Gasteiger partial charge in [0, 0.05) is 11.6 Å². The van der Waals surface area contributed by atoms with Gasteiger partial charge in [0.1, 0.15) is 27.9 Å². The van der Waals surface area contributed by atoms with Gasteiger partial charge in [-0.05, 0) is 49.4 Å². The van der Waals surface area contributed by atoms with E-state index in [1.807, 2.05) is 0 Å². The summed E-state index contributed by atoms with van der Waals surface area (Å²) in [6.07, 6.45) is 1.19. The molecule has 4 amide bonds. The Morgan fingerprint density at radius 2 is 1.91 bits per heavy atom. The first kappa shape index (κ1) is 22.7. The van der Waals surface area contributed by atoms with Gasteiger partial charge in [-0.15, -0.1) is 0 Å². The maximum Gasteiger partial charge on any atom is 0.336 e. The third-order valence-electron chi connectivity index (χ3n) is 4.85. The lowest BCUT2D eigenvalue weighted by Gasteiger charge is -2.27. The van der Waals surface area contributed by atoms with Crippen molar-refractivity contribution < 1.29 is 28.5 Å². The fourth-order valence-corrected chi connectivity index (χ4v) is 3.52. The van der Waals surface area contributed by atoms with Crippen LogP contribution in [-0.2, 0) is 9.59 Å². The lowest BCUT2D eigenvalue weighted by molar-refractivity contribution is -0.384. The van der Waals surface area contributed by atoms with Crippen LogP contribution in [0.2, 0.25) is 5.02 Å². The number of nitro benzene ring substituents is 1. The zero-order chi connectivity index (χ0) is 24.4. The van der Waals surface area contributed by atoms with E-state index < -0.39 is 22.8 Å². The van der Waals surface area contributed by atoms with E-state index in [-0.39, 0.29) is 33.5 Å². The Morgan fingerprint density at radius 3 is 2.65 bits per heavy atom. The van der Waals surface area contributed by atoms with Gasteiger partial charge >= 0.3 is 6.03 Å². The molecule has 10 nitrogen and oxygen atoms in total. The summed E-state index contributed by atoms with van der Waals surface area (Å²) in [5.41, 5.74) is -0.0743. The van der Waals surface area contributed by atoms with Crippen molar-refractivity contribution in [3.05, 3.63) is 81.1 Å². The Morgan fingerprint density at radius 1 is 1.15 bits per heavy atom. The third-order valence-corrected chi connectivity index (χ3v) is 5.17. The maximum absolute atomic E-state index is 13.1. The second kappa shape index (κ2) is 9.20. The van der Waals surface area contributed by atoms with Crippen LogP contribution in [0.1, 0.15) is 12.7 Å². The molecule has 0 aliphatic carbocycles. The first-order valence-corrected chi connectivity index (χ1v) is 10.4. The number of urea groups is 1. The number of benzene rings is 2. The standard InChI is InChI=1S/C23H16ClN3O7/c1-2-33-20-6-4-3-5-17(20)26-22(29)15(21(28)25-23(26)30)12-14-8-10-19(34-14)13-7-9-16(24)18(11-13)27(31)32/h3-12H,2H2,1H3,(H,25,28,30)/b15-12-. The second-order valence-electron chi connectivity index (χ2n) is 6.98. The van der Waals surface area contributed by atoms with Gasteiger partial charge in [-0.1, -0.05) is 23.7 Å². The van der Waals surface area contributed by atoms with Crippen molar-refractivity contribution in [1.82, 2.24) is 5.32 Å². The number of para-hydroxylation sites is 2. The van der Waals surface area contributed by atoms with Crippen molar-refractivity contribution in [3.63, 3.8) is 0 Å². The minimum Gasteiger partial charge on any atom is -0.492 e. The van der Waals surface area contributed by atoms with Crippen molar-refractivity contribution in [1.29, 1.82) is 0 Å². The molecule has 1 saturated heterocycles. The molecule has 0 saturated carbocycles. The summed E-state index contributed by atoms with van der Waals surface area (Å²) < 4.78 is 11.2. The molecule has 0 spiro atoms. The molecule has 1 aliphatic heterocycles. The molecule has 1 aromatic heterocycles. The molecule has 1 fully saturated rings. The van der Waals surface area contributed by atoms with E-state index in [0.717, 1.165) is 4.90 Å². The summed E-state index contributed by atoms with van der Waals surface area (Å²) in [6, 6.07) is 12.7. The van der Waals surface area contributed by atoms with Crippen LogP contribution in [0.15, 0.2) is 64.6 Å². The number of nitro groups is 1. The second-order valence-corrected chi connectivity index (χ2v) is 7.39. The van der Waals surface area contributed by atoms with E-state index in [4.69, 9.17) is 20.8 Å². The highest BCUT2D eigenvalue weighted by atomic mass is 35.5. The summed E-state index contributed by atoms with van der Waals surface area (Å²) in [6.45, 7) is 2.06. The van der Waals surface area contributed by atoms with E-state index in [0.29, 0.717) is 17.9 Å². The number of hydrogen-bond acceptors (Lipinski definition) is 7. The molecule has 172 valence electrons. The Labute approximate surface area is 197 Å². The number of barbiturate groups is 1. The maximum atomic E-state index is 13.1. The number of halogens is 1. The summed E-state index contributed by atoms with van der Waals surface area (Å²) in [7, 11) is 0. The lowest BCUT2D eigenvalue weighted by atomic mass is 10.1. The summed E-state index contributed by atoms with van der Waals surface area (Å²) in [4.78, 5) is 49.4. The number of nitrogens with zero attached hydrogens (tertiary/aromatic N) is 2. The Bertz CT molecular complexity index is 1360. The summed E-state index contributed by atoms with van der Waals surface area (Å²) >= 11 is 5.85. The van der Waals surface area contributed by atoms with Crippen molar-refractivity contribution in [2.75, 3.05) is 11.5 Å². The smallest absolute Gasteiger partial charge is 0.336 e. The normalized spacial score (nSPS) is 14.9. The van der Waals surface area contributed by atoms with Crippen molar-refractivity contribution in [2.24, 2.45) is 0 Å². The molecule has 34 heavy (non-hydrogen) atoms. The quantitative estimate of drug-likeness (QED) is 0.236. The highest BCUT2D eigenvalue weighted by Gasteiger charge is 2.38. The third kappa shape index (κ3) is 4.26. The molecule has 0 bridgehead atoms. The van der Waals surface area contributed by atoms with Crippen LogP contribution in [0.25, 0.3) is 17.4 Å². The van der Waals surface area contributed by atoms with Gasteiger partial charge in [-0.2, -0.15) is 0 Å². The van der Waals surface area contributed by atoms with E-state index in [9.17, 15) is 24.5 Å². The number of nitrogens with one attached hydrogen (secondary N) is 1. The molecule has 2 aromatic carbocycles. The van der Waals surface area contributed by atoms with E-state index in [2.05, 4.69) is 5.32 Å². The number of anilines is 1. The highest BCUT2D eigenvalue weighted by Crippen LogP contribution is 2.33. The molecule has 11 heteroatoms. The van der Waals surface area contributed by atoms with Gasteiger partial charge in [0.25, 0.3) is 17.5 Å². The molecular weight excluding hydrogens is 466 g/mol. The van der Waals surface area contributed by atoms with Gasteiger partial charge in [-0.25, -0.2) is 9.69 Å². The lowest BCUT2D eigenvalue weighted by Crippen LogP contribution is -2.54. The molecular formula is C23H16ClN3O7. The van der Waals surface area contributed by atoms with Crippen molar-refractivity contribution in [2.45, 2.75) is 6.92 Å². The van der Waals surface area contributed by atoms with E-state index in [1.165, 1.54) is 42.5 Å². The molecule has 0 radical (unpaired) electrons. The van der Waals surface area contributed by atoms with Gasteiger partial charge in [0.15, 0.2) is 0 Å². The van der Waals surface area contributed by atoms with Crippen LogP contribution in [-0.4, -0.2) is 29.4 Å². The topological polar surface area (TPSA) is 132 Å². The average Bonchev–Trinajstić information content (AvgIpc) is 3.26. The fraction of sp³-hybridized carbons (Fsp3) is 0.0870. The number of imide groups is 2. The fourth-order valence-electron chi connectivity index (χ4n) is 3.33. The van der Waals surface area contributed by atoms with Crippen LogP contribution in [0.4, 0.5) is 16.2 Å². The molecule has 3 aromatic rings. The van der Waals surface area contributed by atoms with Crippen LogP contribution in [0.3, 0.4) is 0 Å². The summed E-state index contributed by atoms with van der Waals surface area (Å²) in [5, 5.41) is 13.3. The number of furan rings is 1. The van der Waals surface area contributed by atoms with Crippen LogP contribution >= 0.6 is 11.6 Å². The number of rotatable bonds is 6. The molecule has 4 rings (SSSR count). The first-order valence-electron chi connectivity index (χ1n) is 9.97. The zero-order valence-electron chi connectivity index (χ0n) is 17.6. The first-order chi connectivity index (χ1) is 16.3. The molecule has 1 N–H and O–H groups in total. The van der Waals surface area contributed by atoms with Gasteiger partial charge < -0.3 is 9.15 Å². The Balaban J connectivity index is 1.69. The van der Waals surface area contributed by atoms with Crippen LogP contribution in [0.5, 0.6) is 5.75 Å². The number of carbonyl (C=O) groups excluding carboxylic acids is 3. The highest BCUT2D eigenvalue weighted by molar-refractivity contribution is 6.39. The predicted molar refractivity (Wildman–Crippen MR) is 122 cm³/mol. The van der Waals surface area contributed by atoms with Crippen LogP contribution < -0.4 is 15.0 Å². The van der Waals surface area contributed by atoms with Crippen LogP contribution in [0, 0.1) is 10.1 Å². The molecule has 1 aliphatic rings. The molecule has 0 unspecified atom stereocenters. The minimum absolute atomic E-state index is 0.0239. The largest absolute Gasteiger partial charge is 0.492 e. The minimum atomic E-state index is -0.909. The predicted octanol–water partition coefficient (Wildman–Crippen LogP) is 4.57. The van der Waals surface area contributed by atoms with Crippen molar-refractivity contribution in [3.8, 4) is 17.1 Å². The van der Waals surface area contributed by atoms with Gasteiger partial charge in [0.2, 0.25) is 0 Å². The zero-order valence-corrected chi connectivity index (χ0v) is 18.4. The van der Waals surface area contributed by atoms with Gasteiger partial charge in [0.05, 0.1) is 17.2 Å². The average molecular weight is 482 g/mol. The molecule has 2 heterocycles.